The molecule has 1 saturated heterocycles. The number of halogens is 1. The van der Waals surface area contributed by atoms with Crippen molar-refractivity contribution < 1.29 is 9.59 Å². The second kappa shape index (κ2) is 9.32. The first-order chi connectivity index (χ1) is 13.5. The molecule has 1 atom stereocenters. The third kappa shape index (κ3) is 4.98. The van der Waals surface area contributed by atoms with E-state index in [1.54, 1.807) is 0 Å². The lowest BCUT2D eigenvalue weighted by molar-refractivity contribution is -0.122. The molecule has 5 nitrogen and oxygen atoms in total. The second-order valence-electron chi connectivity index (χ2n) is 7.25. The normalized spacial score (nSPS) is 16.7. The van der Waals surface area contributed by atoms with Gasteiger partial charge in [-0.05, 0) is 50.5 Å². The highest BCUT2D eigenvalue weighted by Gasteiger charge is 2.26. The largest absolute Gasteiger partial charge is 0.352 e. The average molecular weight is 444 g/mol. The Morgan fingerprint density at radius 1 is 1.29 bits per heavy atom. The quantitative estimate of drug-likeness (QED) is 0.747. The minimum absolute atomic E-state index is 0.0137. The van der Waals surface area contributed by atoms with Crippen LogP contribution in [0.25, 0.3) is 11.3 Å². The van der Waals surface area contributed by atoms with Gasteiger partial charge in [-0.3, -0.25) is 14.6 Å². The van der Waals surface area contributed by atoms with E-state index < -0.39 is 0 Å². The average Bonchev–Trinajstić information content (AvgIpc) is 2.68. The molecule has 0 saturated carbocycles. The van der Waals surface area contributed by atoms with Crippen LogP contribution in [0.4, 0.5) is 0 Å². The van der Waals surface area contributed by atoms with Gasteiger partial charge in [0.25, 0.3) is 5.91 Å². The predicted octanol–water partition coefficient (Wildman–Crippen LogP) is 4.34. The van der Waals surface area contributed by atoms with Crippen molar-refractivity contribution in [1.29, 1.82) is 0 Å². The minimum Gasteiger partial charge on any atom is -0.352 e. The number of carbonyl (C=O) groups is 2. The molecule has 28 heavy (non-hydrogen) atoms. The van der Waals surface area contributed by atoms with Crippen LogP contribution >= 0.6 is 15.9 Å². The summed E-state index contributed by atoms with van der Waals surface area (Å²) in [7, 11) is 0. The lowest BCUT2D eigenvalue weighted by Gasteiger charge is -2.33. The summed E-state index contributed by atoms with van der Waals surface area (Å²) in [6.45, 7) is 5.13. The molecule has 0 aliphatic carbocycles. The molecule has 1 unspecified atom stereocenters. The Kier molecular flexibility index (Phi) is 6.83. The van der Waals surface area contributed by atoms with Crippen molar-refractivity contribution in [3.8, 4) is 11.3 Å². The second-order valence-corrected chi connectivity index (χ2v) is 8.16. The number of rotatable bonds is 5. The number of aromatic nitrogens is 1. The van der Waals surface area contributed by atoms with E-state index in [4.69, 9.17) is 0 Å². The van der Waals surface area contributed by atoms with Crippen LogP contribution in [0, 0.1) is 6.92 Å². The fourth-order valence-electron chi connectivity index (χ4n) is 3.57. The fourth-order valence-corrected chi connectivity index (χ4v) is 3.97. The Balaban J connectivity index is 1.72. The lowest BCUT2D eigenvalue weighted by atomic mass is 10.0. The van der Waals surface area contributed by atoms with Crippen LogP contribution in [0.5, 0.6) is 0 Å². The first-order valence-corrected chi connectivity index (χ1v) is 10.6. The third-order valence-corrected chi connectivity index (χ3v) is 5.48. The number of benzene rings is 1. The van der Waals surface area contributed by atoms with E-state index in [1.165, 1.54) is 0 Å². The summed E-state index contributed by atoms with van der Waals surface area (Å²) in [6, 6.07) is 11.7. The zero-order chi connectivity index (χ0) is 20.1. The highest BCUT2D eigenvalue weighted by Crippen LogP contribution is 2.23. The van der Waals surface area contributed by atoms with Gasteiger partial charge >= 0.3 is 0 Å². The molecule has 3 rings (SSSR count). The SMILES string of the molecule is CCCC(=O)NC1CCCN(C(=O)c2ccc(-c3cccc(Br)c3)nc2C)C1. The monoisotopic (exact) mass is 443 g/mol. The Morgan fingerprint density at radius 3 is 2.82 bits per heavy atom. The molecule has 2 amide bonds. The van der Waals surface area contributed by atoms with Gasteiger partial charge in [0, 0.05) is 35.6 Å². The van der Waals surface area contributed by atoms with Gasteiger partial charge in [-0.1, -0.05) is 35.0 Å². The van der Waals surface area contributed by atoms with Gasteiger partial charge in [0.15, 0.2) is 0 Å². The molecule has 1 N–H and O–H groups in total. The maximum atomic E-state index is 13.0. The van der Waals surface area contributed by atoms with Crippen LogP contribution < -0.4 is 5.32 Å². The molecule has 148 valence electrons. The third-order valence-electron chi connectivity index (χ3n) is 4.99. The molecule has 1 fully saturated rings. The maximum Gasteiger partial charge on any atom is 0.255 e. The van der Waals surface area contributed by atoms with Gasteiger partial charge in [0.2, 0.25) is 5.91 Å². The van der Waals surface area contributed by atoms with E-state index in [9.17, 15) is 9.59 Å². The summed E-state index contributed by atoms with van der Waals surface area (Å²) in [5.41, 5.74) is 3.20. The van der Waals surface area contributed by atoms with Gasteiger partial charge < -0.3 is 10.2 Å². The number of piperidine rings is 1. The van der Waals surface area contributed by atoms with Crippen LogP contribution in [0.15, 0.2) is 40.9 Å². The van der Waals surface area contributed by atoms with Gasteiger partial charge in [-0.25, -0.2) is 0 Å². The maximum absolute atomic E-state index is 13.0. The zero-order valence-electron chi connectivity index (χ0n) is 16.4. The Morgan fingerprint density at radius 2 is 2.11 bits per heavy atom. The number of nitrogens with one attached hydrogen (secondary N) is 1. The van der Waals surface area contributed by atoms with Crippen LogP contribution in [-0.2, 0) is 4.79 Å². The van der Waals surface area contributed by atoms with Crippen LogP contribution in [0.1, 0.15) is 48.7 Å². The molecule has 6 heteroatoms. The van der Waals surface area contributed by atoms with Crippen LogP contribution in [-0.4, -0.2) is 40.8 Å². The van der Waals surface area contributed by atoms with Crippen molar-refractivity contribution in [2.45, 2.75) is 45.6 Å². The highest BCUT2D eigenvalue weighted by atomic mass is 79.9. The summed E-state index contributed by atoms with van der Waals surface area (Å²) in [4.78, 5) is 31.4. The van der Waals surface area contributed by atoms with E-state index in [0.29, 0.717) is 25.1 Å². The zero-order valence-corrected chi connectivity index (χ0v) is 18.0. The fraction of sp³-hybridized carbons (Fsp3) is 0.409. The molecule has 2 aromatic rings. The van der Waals surface area contributed by atoms with E-state index in [1.807, 2.05) is 55.1 Å². The summed E-state index contributed by atoms with van der Waals surface area (Å²) in [5.74, 6) is 0.0539. The highest BCUT2D eigenvalue weighted by molar-refractivity contribution is 9.10. The van der Waals surface area contributed by atoms with Crippen LogP contribution in [0.3, 0.4) is 0 Å². The van der Waals surface area contributed by atoms with Crippen molar-refractivity contribution in [1.82, 2.24) is 15.2 Å². The number of aryl methyl sites for hydroxylation is 1. The molecule has 1 aliphatic rings. The van der Waals surface area contributed by atoms with Gasteiger partial charge in [-0.2, -0.15) is 0 Å². The number of carbonyl (C=O) groups excluding carboxylic acids is 2. The predicted molar refractivity (Wildman–Crippen MR) is 114 cm³/mol. The Bertz CT molecular complexity index is 869. The first kappa shape index (κ1) is 20.5. The van der Waals surface area contributed by atoms with E-state index >= 15 is 0 Å². The molecule has 1 aliphatic heterocycles. The number of amides is 2. The van der Waals surface area contributed by atoms with Crippen molar-refractivity contribution in [2.24, 2.45) is 0 Å². The number of pyridine rings is 1. The standard InChI is InChI=1S/C22H26BrN3O2/c1-3-6-21(27)25-18-9-5-12-26(14-18)22(28)19-10-11-20(24-15(19)2)16-7-4-8-17(23)13-16/h4,7-8,10-11,13,18H,3,5-6,9,12,14H2,1-2H3,(H,25,27). The summed E-state index contributed by atoms with van der Waals surface area (Å²) in [5, 5.41) is 3.05. The van der Waals surface area contributed by atoms with E-state index in [-0.39, 0.29) is 17.9 Å². The van der Waals surface area contributed by atoms with Gasteiger partial charge in [-0.15, -0.1) is 0 Å². The molecular weight excluding hydrogens is 418 g/mol. The molecule has 0 bridgehead atoms. The Hall–Kier alpha value is -2.21. The molecule has 0 radical (unpaired) electrons. The number of hydrogen-bond acceptors (Lipinski definition) is 3. The summed E-state index contributed by atoms with van der Waals surface area (Å²) >= 11 is 3.48. The molecule has 1 aromatic carbocycles. The Labute approximate surface area is 174 Å². The topological polar surface area (TPSA) is 62.3 Å². The molecular formula is C22H26BrN3O2. The van der Waals surface area contributed by atoms with Crippen molar-refractivity contribution in [3.63, 3.8) is 0 Å². The van der Waals surface area contributed by atoms with Crippen molar-refractivity contribution >= 4 is 27.7 Å². The molecule has 2 heterocycles. The van der Waals surface area contributed by atoms with Crippen molar-refractivity contribution in [2.75, 3.05) is 13.1 Å². The van der Waals surface area contributed by atoms with E-state index in [0.717, 1.165) is 40.7 Å². The first-order valence-electron chi connectivity index (χ1n) is 9.80. The molecule has 1 aromatic heterocycles. The van der Waals surface area contributed by atoms with Gasteiger partial charge in [0.1, 0.15) is 0 Å². The lowest BCUT2D eigenvalue weighted by Crippen LogP contribution is -2.49. The van der Waals surface area contributed by atoms with E-state index in [2.05, 4.69) is 26.2 Å². The number of likely N-dealkylation sites (tertiary alicyclic amines) is 1. The minimum atomic E-state index is -0.0137. The number of hydrogen-bond donors (Lipinski definition) is 1. The molecule has 0 spiro atoms. The summed E-state index contributed by atoms with van der Waals surface area (Å²) in [6.07, 6.45) is 3.17. The van der Waals surface area contributed by atoms with Gasteiger partial charge in [0.05, 0.1) is 17.0 Å². The van der Waals surface area contributed by atoms with Crippen molar-refractivity contribution in [3.05, 3.63) is 52.1 Å². The van der Waals surface area contributed by atoms with Crippen LogP contribution in [0.2, 0.25) is 0 Å². The summed E-state index contributed by atoms with van der Waals surface area (Å²) < 4.78 is 0.995. The number of nitrogens with zero attached hydrogens (tertiary/aromatic N) is 2. The smallest absolute Gasteiger partial charge is 0.255 e.